The molecule has 0 spiro atoms. The molecule has 0 unspecified atom stereocenters. The van der Waals surface area contributed by atoms with Crippen LogP contribution in [0.1, 0.15) is 27.9 Å². The largest absolute Gasteiger partial charge is 0.494 e. The molecule has 0 atom stereocenters. The first-order chi connectivity index (χ1) is 15.6. The summed E-state index contributed by atoms with van der Waals surface area (Å²) >= 11 is 0. The van der Waals surface area contributed by atoms with Crippen LogP contribution in [0.15, 0.2) is 77.2 Å². The molecule has 1 amide bonds. The van der Waals surface area contributed by atoms with Crippen molar-refractivity contribution in [2.45, 2.75) is 20.3 Å². The Kier molecular flexibility index (Phi) is 6.60. The van der Waals surface area contributed by atoms with Gasteiger partial charge in [0.1, 0.15) is 5.75 Å². The minimum absolute atomic E-state index is 0.127. The minimum atomic E-state index is -0.127. The maximum atomic E-state index is 12.4. The van der Waals surface area contributed by atoms with Gasteiger partial charge >= 0.3 is 0 Å². The van der Waals surface area contributed by atoms with E-state index in [1.54, 1.807) is 12.1 Å². The van der Waals surface area contributed by atoms with Crippen molar-refractivity contribution in [1.82, 2.24) is 15.5 Å². The summed E-state index contributed by atoms with van der Waals surface area (Å²) in [5, 5.41) is 11.2. The van der Waals surface area contributed by atoms with Gasteiger partial charge in [0.2, 0.25) is 11.8 Å². The predicted molar refractivity (Wildman–Crippen MR) is 124 cm³/mol. The van der Waals surface area contributed by atoms with Gasteiger partial charge in [0, 0.05) is 23.2 Å². The Balaban J connectivity index is 1.29. The SMILES string of the molecule is Cc1cccc(OCCCNC(=O)c2ccc(-c3nnc(-c4ccccc4C)o3)cc2)c1. The average molecular weight is 428 g/mol. The van der Waals surface area contributed by atoms with E-state index < -0.39 is 0 Å². The zero-order valence-corrected chi connectivity index (χ0v) is 18.2. The Morgan fingerprint density at radius 1 is 0.938 bits per heavy atom. The van der Waals surface area contributed by atoms with Crippen molar-refractivity contribution in [2.75, 3.05) is 13.2 Å². The Labute approximate surface area is 187 Å². The standard InChI is InChI=1S/C26H25N3O3/c1-18-7-5-9-22(17-18)31-16-6-15-27-24(30)20-11-13-21(14-12-20)25-28-29-26(32-25)23-10-4-3-8-19(23)2/h3-5,7-14,17H,6,15-16H2,1-2H3,(H,27,30). The molecule has 1 aromatic heterocycles. The fourth-order valence-corrected chi connectivity index (χ4v) is 3.30. The molecule has 6 heteroatoms. The number of aromatic nitrogens is 2. The minimum Gasteiger partial charge on any atom is -0.494 e. The van der Waals surface area contributed by atoms with Gasteiger partial charge in [-0.05, 0) is 73.9 Å². The van der Waals surface area contributed by atoms with Gasteiger partial charge in [0.15, 0.2) is 0 Å². The molecule has 4 rings (SSSR count). The second kappa shape index (κ2) is 9.92. The van der Waals surface area contributed by atoms with E-state index in [1.165, 1.54) is 0 Å². The molecule has 32 heavy (non-hydrogen) atoms. The van der Waals surface area contributed by atoms with E-state index in [9.17, 15) is 4.79 Å². The van der Waals surface area contributed by atoms with Crippen LogP contribution < -0.4 is 10.1 Å². The molecular weight excluding hydrogens is 402 g/mol. The summed E-state index contributed by atoms with van der Waals surface area (Å²) in [5.74, 6) is 1.62. The lowest BCUT2D eigenvalue weighted by atomic mass is 10.1. The van der Waals surface area contributed by atoms with E-state index in [1.807, 2.05) is 74.5 Å². The first-order valence-electron chi connectivity index (χ1n) is 10.6. The summed E-state index contributed by atoms with van der Waals surface area (Å²) < 4.78 is 11.5. The normalized spacial score (nSPS) is 10.7. The number of hydrogen-bond acceptors (Lipinski definition) is 5. The van der Waals surface area contributed by atoms with Crippen LogP contribution in [0.25, 0.3) is 22.9 Å². The fourth-order valence-electron chi connectivity index (χ4n) is 3.30. The van der Waals surface area contributed by atoms with Crippen LogP contribution in [-0.2, 0) is 0 Å². The Morgan fingerprint density at radius 3 is 2.50 bits per heavy atom. The molecule has 0 saturated heterocycles. The maximum Gasteiger partial charge on any atom is 0.251 e. The van der Waals surface area contributed by atoms with Crippen LogP contribution in [0.4, 0.5) is 0 Å². The van der Waals surface area contributed by atoms with Crippen LogP contribution >= 0.6 is 0 Å². The smallest absolute Gasteiger partial charge is 0.251 e. The van der Waals surface area contributed by atoms with E-state index in [4.69, 9.17) is 9.15 Å². The third-order valence-electron chi connectivity index (χ3n) is 5.06. The summed E-state index contributed by atoms with van der Waals surface area (Å²) in [6.07, 6.45) is 0.724. The van der Waals surface area contributed by atoms with Gasteiger partial charge in [-0.2, -0.15) is 0 Å². The van der Waals surface area contributed by atoms with Crippen LogP contribution in [0, 0.1) is 13.8 Å². The molecule has 0 bridgehead atoms. The quantitative estimate of drug-likeness (QED) is 0.390. The number of nitrogens with one attached hydrogen (secondary N) is 1. The number of nitrogens with zero attached hydrogens (tertiary/aromatic N) is 2. The van der Waals surface area contributed by atoms with Gasteiger partial charge in [-0.1, -0.05) is 30.3 Å². The van der Waals surface area contributed by atoms with Crippen molar-refractivity contribution in [2.24, 2.45) is 0 Å². The van der Waals surface area contributed by atoms with Crippen molar-refractivity contribution in [3.05, 3.63) is 89.5 Å². The Hall–Kier alpha value is -3.93. The molecule has 0 aliphatic heterocycles. The topological polar surface area (TPSA) is 77.2 Å². The van der Waals surface area contributed by atoms with Crippen LogP contribution in [0.5, 0.6) is 5.75 Å². The van der Waals surface area contributed by atoms with Gasteiger partial charge in [0.05, 0.1) is 6.61 Å². The van der Waals surface area contributed by atoms with E-state index >= 15 is 0 Å². The highest BCUT2D eigenvalue weighted by Crippen LogP contribution is 2.26. The lowest BCUT2D eigenvalue weighted by Gasteiger charge is -2.08. The molecule has 0 saturated carbocycles. The molecule has 3 aromatic carbocycles. The third kappa shape index (κ3) is 5.21. The monoisotopic (exact) mass is 427 g/mol. The first-order valence-corrected chi connectivity index (χ1v) is 10.6. The molecule has 4 aromatic rings. The van der Waals surface area contributed by atoms with Crippen molar-refractivity contribution in [3.8, 4) is 28.7 Å². The van der Waals surface area contributed by atoms with Crippen molar-refractivity contribution in [3.63, 3.8) is 0 Å². The van der Waals surface area contributed by atoms with Gasteiger partial charge in [-0.15, -0.1) is 10.2 Å². The second-order valence-electron chi connectivity index (χ2n) is 7.58. The number of ether oxygens (including phenoxy) is 1. The molecule has 6 nitrogen and oxygen atoms in total. The summed E-state index contributed by atoms with van der Waals surface area (Å²) in [7, 11) is 0. The van der Waals surface area contributed by atoms with Gasteiger partial charge < -0.3 is 14.5 Å². The zero-order chi connectivity index (χ0) is 22.3. The Bertz CT molecular complexity index is 1200. The molecule has 0 fully saturated rings. The lowest BCUT2D eigenvalue weighted by molar-refractivity contribution is 0.0951. The van der Waals surface area contributed by atoms with E-state index in [-0.39, 0.29) is 5.91 Å². The molecule has 0 aliphatic carbocycles. The van der Waals surface area contributed by atoms with Crippen LogP contribution in [-0.4, -0.2) is 29.3 Å². The summed E-state index contributed by atoms with van der Waals surface area (Å²) in [6, 6.07) is 22.9. The van der Waals surface area contributed by atoms with Crippen molar-refractivity contribution < 1.29 is 13.9 Å². The fraction of sp³-hybridized carbons (Fsp3) is 0.192. The zero-order valence-electron chi connectivity index (χ0n) is 18.2. The molecule has 0 aliphatic rings. The van der Waals surface area contributed by atoms with E-state index in [0.29, 0.717) is 30.5 Å². The molecular formula is C26H25N3O3. The Morgan fingerprint density at radius 2 is 1.72 bits per heavy atom. The molecule has 0 radical (unpaired) electrons. The van der Waals surface area contributed by atoms with Gasteiger partial charge in [-0.25, -0.2) is 0 Å². The first kappa shape index (κ1) is 21.3. The highest BCUT2D eigenvalue weighted by Gasteiger charge is 2.13. The molecule has 162 valence electrons. The molecule has 1 N–H and O–H groups in total. The maximum absolute atomic E-state index is 12.4. The molecule has 1 heterocycles. The summed E-state index contributed by atoms with van der Waals surface area (Å²) in [6.45, 7) is 5.11. The predicted octanol–water partition coefficient (Wildman–Crippen LogP) is 5.22. The lowest BCUT2D eigenvalue weighted by Crippen LogP contribution is -2.25. The highest BCUT2D eigenvalue weighted by atomic mass is 16.5. The number of rotatable bonds is 8. The number of hydrogen-bond donors (Lipinski definition) is 1. The van der Waals surface area contributed by atoms with Gasteiger partial charge in [0.25, 0.3) is 5.91 Å². The number of amides is 1. The van der Waals surface area contributed by atoms with Gasteiger partial charge in [-0.3, -0.25) is 4.79 Å². The van der Waals surface area contributed by atoms with E-state index in [2.05, 4.69) is 15.5 Å². The number of carbonyl (C=O) groups excluding carboxylic acids is 1. The average Bonchev–Trinajstić information content (AvgIpc) is 3.29. The number of aryl methyl sites for hydroxylation is 2. The van der Waals surface area contributed by atoms with Crippen LogP contribution in [0.2, 0.25) is 0 Å². The number of carbonyl (C=O) groups is 1. The van der Waals surface area contributed by atoms with Crippen molar-refractivity contribution >= 4 is 5.91 Å². The van der Waals surface area contributed by atoms with Crippen molar-refractivity contribution in [1.29, 1.82) is 0 Å². The van der Waals surface area contributed by atoms with E-state index in [0.717, 1.165) is 34.4 Å². The summed E-state index contributed by atoms with van der Waals surface area (Å²) in [5.41, 5.74) is 4.48. The summed E-state index contributed by atoms with van der Waals surface area (Å²) in [4.78, 5) is 12.4. The second-order valence-corrected chi connectivity index (χ2v) is 7.58. The number of benzene rings is 3. The van der Waals surface area contributed by atoms with Crippen LogP contribution in [0.3, 0.4) is 0 Å². The third-order valence-corrected chi connectivity index (χ3v) is 5.06. The highest BCUT2D eigenvalue weighted by molar-refractivity contribution is 5.94.